The first kappa shape index (κ1) is 35.0. The van der Waals surface area contributed by atoms with E-state index in [0.717, 1.165) is 33.6 Å². The van der Waals surface area contributed by atoms with Crippen LogP contribution in [0.2, 0.25) is 10.0 Å². The van der Waals surface area contributed by atoms with Crippen LogP contribution < -0.4 is 56.3 Å². The van der Waals surface area contributed by atoms with Gasteiger partial charge in [0, 0.05) is 44.6 Å². The minimum atomic E-state index is -4.30. The van der Waals surface area contributed by atoms with Gasteiger partial charge in [0.05, 0.1) is 10.1 Å². The predicted octanol–water partition coefficient (Wildman–Crippen LogP) is 3.49. The summed E-state index contributed by atoms with van der Waals surface area (Å²) in [4.78, 5) is 2.11. The van der Waals surface area contributed by atoms with Crippen LogP contribution in [0, 0.1) is 0 Å². The molecule has 12 heteroatoms. The van der Waals surface area contributed by atoms with E-state index in [9.17, 15) is 25.9 Å². The van der Waals surface area contributed by atoms with Crippen molar-refractivity contribution >= 4 is 54.7 Å². The number of benzene rings is 2. The first-order valence-corrected chi connectivity index (χ1v) is 16.8. The topological polar surface area (TPSA) is 115 Å². The average molecular weight is 665 g/mol. The van der Waals surface area contributed by atoms with Gasteiger partial charge in [-0.3, -0.25) is 4.55 Å². The number of allylic oxidation sites excluding steroid dienone is 5. The monoisotopic (exact) mass is 663 g/mol. The van der Waals surface area contributed by atoms with Gasteiger partial charge in [-0.05, 0) is 77.1 Å². The molecule has 216 valence electrons. The molecule has 41 heavy (non-hydrogen) atoms. The van der Waals surface area contributed by atoms with Crippen LogP contribution in [0.4, 0.5) is 5.69 Å². The number of halogens is 2. The van der Waals surface area contributed by atoms with Crippen molar-refractivity contribution in [3.05, 3.63) is 92.6 Å². The van der Waals surface area contributed by atoms with Crippen LogP contribution >= 0.6 is 23.2 Å². The zero-order chi connectivity index (χ0) is 29.7. The summed E-state index contributed by atoms with van der Waals surface area (Å²) >= 11 is 12.6. The second kappa shape index (κ2) is 12.8. The van der Waals surface area contributed by atoms with Crippen molar-refractivity contribution in [2.24, 2.45) is 0 Å². The molecule has 1 aliphatic carbocycles. The van der Waals surface area contributed by atoms with Crippen LogP contribution in [0.5, 0.6) is 0 Å². The van der Waals surface area contributed by atoms with E-state index in [4.69, 9.17) is 23.2 Å². The van der Waals surface area contributed by atoms with Crippen molar-refractivity contribution in [2.75, 3.05) is 23.0 Å². The quantitative estimate of drug-likeness (QED) is 0.248. The van der Waals surface area contributed by atoms with Gasteiger partial charge in [-0.1, -0.05) is 69.1 Å². The maximum atomic E-state index is 12.0. The van der Waals surface area contributed by atoms with Crippen LogP contribution in [0.1, 0.15) is 57.2 Å². The molecular formula is C29H32Cl2KNO6S2. The Morgan fingerprint density at radius 3 is 2.15 bits per heavy atom. The zero-order valence-corrected chi connectivity index (χ0v) is 30.0. The van der Waals surface area contributed by atoms with Gasteiger partial charge < -0.3 is 9.45 Å². The van der Waals surface area contributed by atoms with Crippen LogP contribution in [0.3, 0.4) is 0 Å². The summed E-state index contributed by atoms with van der Waals surface area (Å²) < 4.78 is 66.9. The smallest absolute Gasteiger partial charge is 0.748 e. The summed E-state index contributed by atoms with van der Waals surface area (Å²) in [5.41, 5.74) is 4.79. The molecule has 0 bridgehead atoms. The fraction of sp³-hybridized carbons (Fsp3) is 0.379. The maximum absolute atomic E-state index is 12.0. The van der Waals surface area contributed by atoms with Gasteiger partial charge in [0.25, 0.3) is 10.1 Å². The molecule has 1 aliphatic heterocycles. The van der Waals surface area contributed by atoms with E-state index in [0.29, 0.717) is 28.6 Å². The number of nitrogens with zero attached hydrogens (tertiary/aromatic N) is 1. The summed E-state index contributed by atoms with van der Waals surface area (Å²) in [7, 11) is -8.59. The molecular weight excluding hydrogens is 632 g/mol. The maximum Gasteiger partial charge on any atom is 1.00 e. The Hall–Kier alpha value is -0.504. The molecule has 0 atom stereocenters. The molecule has 2 aromatic carbocycles. The number of anilines is 1. The van der Waals surface area contributed by atoms with Crippen LogP contribution in [-0.4, -0.2) is 44.0 Å². The van der Waals surface area contributed by atoms with Crippen molar-refractivity contribution in [1.82, 2.24) is 0 Å². The summed E-state index contributed by atoms with van der Waals surface area (Å²) in [5.74, 6) is -0.938. The Balaban J connectivity index is 0.00000462. The Kier molecular flexibility index (Phi) is 11.0. The molecule has 0 amide bonds. The molecule has 0 radical (unpaired) electrons. The molecule has 2 aromatic rings. The fourth-order valence-corrected chi connectivity index (χ4v) is 7.36. The molecule has 2 aliphatic rings. The summed E-state index contributed by atoms with van der Waals surface area (Å²) in [6, 6.07) is 11.0. The van der Waals surface area contributed by atoms with Gasteiger partial charge in [-0.15, -0.1) is 0 Å². The molecule has 0 aromatic heterocycles. The van der Waals surface area contributed by atoms with E-state index in [1.54, 1.807) is 18.2 Å². The van der Waals surface area contributed by atoms with Gasteiger partial charge in [-0.2, -0.15) is 8.42 Å². The molecule has 0 saturated heterocycles. The number of hydrogen-bond acceptors (Lipinski definition) is 6. The van der Waals surface area contributed by atoms with Crippen molar-refractivity contribution < 1.29 is 77.3 Å². The molecule has 7 nitrogen and oxygen atoms in total. The predicted molar refractivity (Wildman–Crippen MR) is 161 cm³/mol. The summed E-state index contributed by atoms with van der Waals surface area (Å²) in [5, 5.41) is 1.14. The van der Waals surface area contributed by atoms with Gasteiger partial charge in [-0.25, -0.2) is 8.42 Å². The summed E-state index contributed by atoms with van der Waals surface area (Å²) in [6.45, 7) is 8.62. The molecule has 0 spiro atoms. The molecule has 0 saturated carbocycles. The number of fused-ring (bicyclic) bond motifs is 2. The number of unbranched alkanes of at least 4 members (excludes halogenated alkanes) is 1. The normalized spacial score (nSPS) is 18.6. The van der Waals surface area contributed by atoms with E-state index >= 15 is 0 Å². The second-order valence-corrected chi connectivity index (χ2v) is 15.1. The van der Waals surface area contributed by atoms with Gasteiger partial charge in [0.1, 0.15) is 5.75 Å². The SMILES string of the molecule is CC1(C)C(/C=C/C=C2/N(CCCCS(=O)(=O)[O-])c3ccc(Cl)cc3C2(C)C)=C(CS(=O)(=O)O)c2ccc(Cl)cc21.[K+]. The van der Waals surface area contributed by atoms with Gasteiger partial charge >= 0.3 is 51.4 Å². The first-order valence-electron chi connectivity index (χ1n) is 12.8. The largest absolute Gasteiger partial charge is 1.00 e. The van der Waals surface area contributed by atoms with Gasteiger partial charge in [0.2, 0.25) is 0 Å². The minimum absolute atomic E-state index is 0. The standard InChI is InChI=1S/C29H33Cl2NO6S2.K/c1-28(2)23(22(18-40(36,37)38)21-12-10-19(30)16-24(21)28)8-7-9-27-29(3,4)25-17-20(31)11-13-26(25)32(27)14-5-6-15-39(33,34)35;/h7-13,16-17H,5-6,14-15,18H2,1-4H3,(H,33,34,35)(H,36,37,38);/q;+1/p-1/b8-7+,27-9+;. The van der Waals surface area contributed by atoms with Crippen molar-refractivity contribution in [3.63, 3.8) is 0 Å². The van der Waals surface area contributed by atoms with Crippen molar-refractivity contribution in [1.29, 1.82) is 0 Å². The van der Waals surface area contributed by atoms with Gasteiger partial charge in [0.15, 0.2) is 0 Å². The van der Waals surface area contributed by atoms with Crippen LogP contribution in [-0.2, 0) is 31.1 Å². The second-order valence-electron chi connectivity index (χ2n) is 11.3. The van der Waals surface area contributed by atoms with E-state index in [2.05, 4.69) is 18.7 Å². The molecule has 1 N–H and O–H groups in total. The average Bonchev–Trinajstić information content (AvgIpc) is 3.14. The Labute approximate surface area is 295 Å². The third-order valence-electron chi connectivity index (χ3n) is 7.70. The summed E-state index contributed by atoms with van der Waals surface area (Å²) in [6.07, 6.45) is 6.44. The fourth-order valence-electron chi connectivity index (χ4n) is 5.78. The van der Waals surface area contributed by atoms with Crippen LogP contribution in [0.15, 0.2) is 65.9 Å². The minimum Gasteiger partial charge on any atom is -0.748 e. The van der Waals surface area contributed by atoms with E-state index in [-0.39, 0.29) is 57.8 Å². The third-order valence-corrected chi connectivity index (χ3v) is 9.61. The van der Waals surface area contributed by atoms with E-state index < -0.39 is 42.6 Å². The first-order chi connectivity index (χ1) is 18.4. The number of hydrogen-bond donors (Lipinski definition) is 1. The van der Waals surface area contributed by atoms with E-state index in [1.165, 1.54) is 0 Å². The Morgan fingerprint density at radius 2 is 1.54 bits per heavy atom. The Bertz CT molecular complexity index is 1660. The zero-order valence-electron chi connectivity index (χ0n) is 23.7. The molecule has 1 heterocycles. The Morgan fingerprint density at radius 1 is 0.927 bits per heavy atom. The van der Waals surface area contributed by atoms with Crippen molar-refractivity contribution in [3.8, 4) is 0 Å². The number of rotatable bonds is 9. The molecule has 0 unspecified atom stereocenters. The van der Waals surface area contributed by atoms with E-state index in [1.807, 2.05) is 50.3 Å². The molecule has 0 fully saturated rings. The van der Waals surface area contributed by atoms with Crippen molar-refractivity contribution in [2.45, 2.75) is 51.4 Å². The molecule has 4 rings (SSSR count). The third kappa shape index (κ3) is 7.78. The van der Waals surface area contributed by atoms with Crippen LogP contribution in [0.25, 0.3) is 5.57 Å².